The van der Waals surface area contributed by atoms with Gasteiger partial charge in [0.05, 0.1) is 5.92 Å². The van der Waals surface area contributed by atoms with Crippen molar-refractivity contribution in [1.82, 2.24) is 10.2 Å². The first-order valence-electron chi connectivity index (χ1n) is 11.0. The van der Waals surface area contributed by atoms with E-state index in [0.717, 1.165) is 25.7 Å². The summed E-state index contributed by atoms with van der Waals surface area (Å²) in [7, 11) is 0. The lowest BCUT2D eigenvalue weighted by atomic mass is 9.74. The summed E-state index contributed by atoms with van der Waals surface area (Å²) in [5, 5.41) is 22.5. The molecule has 1 heterocycles. The van der Waals surface area contributed by atoms with Crippen LogP contribution in [0.15, 0.2) is 52.9 Å². The maximum Gasteiger partial charge on any atom is 0.320 e. The maximum absolute atomic E-state index is 12.5. The quantitative estimate of drug-likeness (QED) is 0.382. The van der Waals surface area contributed by atoms with Gasteiger partial charge in [-0.25, -0.2) is 0 Å². The second kappa shape index (κ2) is 9.72. The molecule has 9 nitrogen and oxygen atoms in total. The van der Waals surface area contributed by atoms with Crippen molar-refractivity contribution < 1.29 is 19.1 Å². The number of aliphatic carboxylic acids is 1. The van der Waals surface area contributed by atoms with Crippen LogP contribution in [0, 0.1) is 11.8 Å². The molecule has 172 valence electrons. The minimum atomic E-state index is -0.715. The fraction of sp³-hybridized carbons (Fsp3) is 0.333. The molecule has 4 rings (SSSR count). The minimum Gasteiger partial charge on any atom is -0.481 e. The highest BCUT2D eigenvalue weighted by Crippen LogP contribution is 2.39. The molecule has 0 saturated heterocycles. The number of rotatable bonds is 7. The van der Waals surface area contributed by atoms with Gasteiger partial charge in [-0.1, -0.05) is 24.2 Å². The number of amides is 1. The fourth-order valence-corrected chi connectivity index (χ4v) is 4.23. The van der Waals surface area contributed by atoms with E-state index in [1.54, 1.807) is 31.2 Å². The van der Waals surface area contributed by atoms with Gasteiger partial charge >= 0.3 is 23.8 Å². The van der Waals surface area contributed by atoms with E-state index in [0.29, 0.717) is 23.0 Å². The number of nitrogens with one attached hydrogen (secondary N) is 2. The SMILES string of the molecule is CC(C(=O)O)[C@H]1CC[C@H](c2ccc(NC(=O)c3nnc(Nc4ccc(N)cc4)o3)cc2)CC1. The third kappa shape index (κ3) is 5.49. The number of carboxylic acids is 1. The van der Waals surface area contributed by atoms with Gasteiger partial charge < -0.3 is 25.9 Å². The molecule has 1 aliphatic carbocycles. The van der Waals surface area contributed by atoms with Gasteiger partial charge in [0, 0.05) is 17.1 Å². The third-order valence-electron chi connectivity index (χ3n) is 6.29. The van der Waals surface area contributed by atoms with E-state index < -0.39 is 11.9 Å². The number of nitrogens with two attached hydrogens (primary N) is 1. The molecular weight excluding hydrogens is 422 g/mol. The number of nitrogens with zero attached hydrogens (tertiary/aromatic N) is 2. The van der Waals surface area contributed by atoms with E-state index in [2.05, 4.69) is 20.8 Å². The molecule has 0 aliphatic heterocycles. The zero-order chi connectivity index (χ0) is 23.4. The van der Waals surface area contributed by atoms with Crippen molar-refractivity contribution in [3.63, 3.8) is 0 Å². The predicted molar refractivity (Wildman–Crippen MR) is 124 cm³/mol. The van der Waals surface area contributed by atoms with Crippen molar-refractivity contribution in [3.05, 3.63) is 60.0 Å². The van der Waals surface area contributed by atoms with Gasteiger partial charge in [-0.3, -0.25) is 9.59 Å². The molecule has 1 aliphatic rings. The summed E-state index contributed by atoms with van der Waals surface area (Å²) >= 11 is 0. The molecule has 5 N–H and O–H groups in total. The molecule has 2 aromatic carbocycles. The Morgan fingerprint density at radius 1 is 1.00 bits per heavy atom. The highest BCUT2D eigenvalue weighted by atomic mass is 16.4. The van der Waals surface area contributed by atoms with Crippen LogP contribution in [0.2, 0.25) is 0 Å². The topological polar surface area (TPSA) is 143 Å². The second-order valence-corrected chi connectivity index (χ2v) is 8.47. The summed E-state index contributed by atoms with van der Waals surface area (Å²) in [4.78, 5) is 23.7. The average molecular weight is 450 g/mol. The van der Waals surface area contributed by atoms with Crippen LogP contribution >= 0.6 is 0 Å². The summed E-state index contributed by atoms with van der Waals surface area (Å²) in [6, 6.07) is 14.8. The van der Waals surface area contributed by atoms with Gasteiger partial charge in [0.15, 0.2) is 0 Å². The molecule has 0 bridgehead atoms. The zero-order valence-electron chi connectivity index (χ0n) is 18.3. The Morgan fingerprint density at radius 3 is 2.27 bits per heavy atom. The molecule has 1 unspecified atom stereocenters. The standard InChI is InChI=1S/C24H27N5O4/c1-14(23(31)32)15-2-4-16(5-3-15)17-6-10-19(11-7-17)26-21(30)22-28-29-24(33-22)27-20-12-8-18(25)9-13-20/h6-16H,2-5,25H2,1H3,(H,26,30)(H,27,29)(H,31,32)/t14?,15-,16-. The summed E-state index contributed by atoms with van der Waals surface area (Å²) in [5.74, 6) is -1.01. The lowest BCUT2D eigenvalue weighted by molar-refractivity contribution is -0.143. The summed E-state index contributed by atoms with van der Waals surface area (Å²) in [6.07, 6.45) is 3.78. The molecule has 3 aromatic rings. The molecule has 1 atom stereocenters. The van der Waals surface area contributed by atoms with Crippen molar-refractivity contribution in [1.29, 1.82) is 0 Å². The van der Waals surface area contributed by atoms with Crippen molar-refractivity contribution in [2.24, 2.45) is 11.8 Å². The van der Waals surface area contributed by atoms with Crippen LogP contribution < -0.4 is 16.4 Å². The first-order valence-corrected chi connectivity index (χ1v) is 11.0. The number of nitrogen functional groups attached to an aromatic ring is 1. The van der Waals surface area contributed by atoms with E-state index in [9.17, 15) is 14.7 Å². The van der Waals surface area contributed by atoms with E-state index in [4.69, 9.17) is 10.2 Å². The van der Waals surface area contributed by atoms with Crippen LogP contribution in [0.5, 0.6) is 0 Å². The summed E-state index contributed by atoms with van der Waals surface area (Å²) < 4.78 is 5.40. The van der Waals surface area contributed by atoms with Crippen LogP contribution in [-0.2, 0) is 4.79 Å². The molecule has 33 heavy (non-hydrogen) atoms. The Kier molecular flexibility index (Phi) is 6.58. The van der Waals surface area contributed by atoms with E-state index in [-0.39, 0.29) is 23.7 Å². The summed E-state index contributed by atoms with van der Waals surface area (Å²) in [6.45, 7) is 1.80. The summed E-state index contributed by atoms with van der Waals surface area (Å²) in [5.41, 5.74) is 8.83. The average Bonchev–Trinajstić information content (AvgIpc) is 3.29. The number of hydrogen-bond donors (Lipinski definition) is 4. The van der Waals surface area contributed by atoms with Crippen molar-refractivity contribution in [3.8, 4) is 0 Å². The Hall–Kier alpha value is -3.88. The number of anilines is 4. The van der Waals surface area contributed by atoms with Crippen LogP contribution in [0.1, 0.15) is 54.8 Å². The number of carbonyl (C=O) groups is 2. The molecule has 1 aromatic heterocycles. The van der Waals surface area contributed by atoms with Gasteiger partial charge in [-0.2, -0.15) is 0 Å². The monoisotopic (exact) mass is 449 g/mol. The highest BCUT2D eigenvalue weighted by molar-refractivity contribution is 6.00. The van der Waals surface area contributed by atoms with Gasteiger partial charge in [0.2, 0.25) is 0 Å². The smallest absolute Gasteiger partial charge is 0.320 e. The van der Waals surface area contributed by atoms with Crippen molar-refractivity contribution in [2.45, 2.75) is 38.5 Å². The van der Waals surface area contributed by atoms with Crippen LogP contribution in [-0.4, -0.2) is 27.2 Å². The van der Waals surface area contributed by atoms with Gasteiger partial charge in [0.1, 0.15) is 0 Å². The van der Waals surface area contributed by atoms with E-state index in [1.165, 1.54) is 5.56 Å². The number of aromatic nitrogens is 2. The normalized spacial score (nSPS) is 18.9. The molecule has 0 spiro atoms. The first-order chi connectivity index (χ1) is 15.9. The van der Waals surface area contributed by atoms with Crippen LogP contribution in [0.4, 0.5) is 23.1 Å². The predicted octanol–water partition coefficient (Wildman–Crippen LogP) is 4.64. The Labute approximate surface area is 191 Å². The number of benzene rings is 2. The van der Waals surface area contributed by atoms with E-state index in [1.807, 2.05) is 24.3 Å². The second-order valence-electron chi connectivity index (χ2n) is 8.47. The Morgan fingerprint density at radius 2 is 1.64 bits per heavy atom. The molecule has 9 heteroatoms. The largest absolute Gasteiger partial charge is 0.481 e. The van der Waals surface area contributed by atoms with Gasteiger partial charge in [0.25, 0.3) is 0 Å². The van der Waals surface area contributed by atoms with Crippen molar-refractivity contribution >= 4 is 35.0 Å². The lowest BCUT2D eigenvalue weighted by Crippen LogP contribution is -2.24. The zero-order valence-corrected chi connectivity index (χ0v) is 18.3. The Balaban J connectivity index is 1.31. The van der Waals surface area contributed by atoms with Crippen LogP contribution in [0.3, 0.4) is 0 Å². The van der Waals surface area contributed by atoms with Gasteiger partial charge in [-0.05, 0) is 79.5 Å². The fourth-order valence-electron chi connectivity index (χ4n) is 4.23. The first kappa shape index (κ1) is 22.3. The van der Waals surface area contributed by atoms with Gasteiger partial charge in [-0.15, -0.1) is 5.10 Å². The number of carboxylic acid groups (broad SMARTS) is 1. The Bertz CT molecular complexity index is 1100. The third-order valence-corrected chi connectivity index (χ3v) is 6.29. The highest BCUT2D eigenvalue weighted by Gasteiger charge is 2.29. The molecule has 1 saturated carbocycles. The number of hydrogen-bond acceptors (Lipinski definition) is 7. The van der Waals surface area contributed by atoms with Crippen molar-refractivity contribution in [2.75, 3.05) is 16.4 Å². The van der Waals surface area contributed by atoms with E-state index >= 15 is 0 Å². The molecule has 1 amide bonds. The van der Waals surface area contributed by atoms with Crippen LogP contribution in [0.25, 0.3) is 0 Å². The minimum absolute atomic E-state index is 0.105. The molecule has 0 radical (unpaired) electrons. The molecule has 1 fully saturated rings. The maximum atomic E-state index is 12.5. The number of carbonyl (C=O) groups excluding carboxylic acids is 1. The molecular formula is C24H27N5O4. The lowest BCUT2D eigenvalue weighted by Gasteiger charge is -2.31.